The minimum absolute atomic E-state index is 0.266. The van der Waals surface area contributed by atoms with Crippen molar-refractivity contribution in [3.8, 4) is 5.75 Å². The SMILES string of the molecule is COCC1CCN(Cc2cc(Br)c(O)c(Br)c2)CC1. The number of aromatic hydroxyl groups is 1. The standard InChI is InChI=1S/C14H19Br2NO2/c1-19-9-10-2-4-17(5-3-10)8-11-6-12(15)14(18)13(16)7-11/h6-7,10,18H,2-5,8-9H2,1H3. The van der Waals surface area contributed by atoms with Gasteiger partial charge in [-0.05, 0) is 81.4 Å². The van der Waals surface area contributed by atoms with Gasteiger partial charge in [-0.3, -0.25) is 4.90 Å². The number of hydrogen-bond acceptors (Lipinski definition) is 3. The highest BCUT2D eigenvalue weighted by Crippen LogP contribution is 2.34. The third-order valence-corrected chi connectivity index (χ3v) is 4.80. The van der Waals surface area contributed by atoms with Crippen LogP contribution >= 0.6 is 31.9 Å². The molecule has 1 fully saturated rings. The zero-order valence-corrected chi connectivity index (χ0v) is 14.2. The number of phenolic OH excluding ortho intramolecular Hbond substituents is 1. The second-order valence-corrected chi connectivity index (χ2v) is 6.79. The Morgan fingerprint density at radius 2 is 1.84 bits per heavy atom. The molecule has 5 heteroatoms. The van der Waals surface area contributed by atoms with Gasteiger partial charge in [0.15, 0.2) is 0 Å². The Morgan fingerprint density at radius 3 is 2.37 bits per heavy atom. The summed E-state index contributed by atoms with van der Waals surface area (Å²) in [5.74, 6) is 0.974. The van der Waals surface area contributed by atoms with Crippen LogP contribution in [-0.4, -0.2) is 36.8 Å². The summed E-state index contributed by atoms with van der Waals surface area (Å²) in [5.41, 5.74) is 1.21. The smallest absolute Gasteiger partial charge is 0.143 e. The van der Waals surface area contributed by atoms with Crippen LogP contribution in [0.25, 0.3) is 0 Å². The highest BCUT2D eigenvalue weighted by Gasteiger charge is 2.19. The largest absolute Gasteiger partial charge is 0.506 e. The Kier molecular flexibility index (Phi) is 5.69. The van der Waals surface area contributed by atoms with Gasteiger partial charge >= 0.3 is 0 Å². The maximum absolute atomic E-state index is 9.71. The first kappa shape index (κ1) is 15.3. The van der Waals surface area contributed by atoms with Crippen LogP contribution in [0.1, 0.15) is 18.4 Å². The Morgan fingerprint density at radius 1 is 1.26 bits per heavy atom. The molecule has 1 aliphatic heterocycles. The molecule has 106 valence electrons. The molecule has 0 atom stereocenters. The minimum Gasteiger partial charge on any atom is -0.506 e. The van der Waals surface area contributed by atoms with Gasteiger partial charge < -0.3 is 9.84 Å². The Balaban J connectivity index is 1.92. The average molecular weight is 393 g/mol. The van der Waals surface area contributed by atoms with Gasteiger partial charge in [-0.1, -0.05) is 0 Å². The van der Waals surface area contributed by atoms with E-state index in [1.165, 1.54) is 18.4 Å². The van der Waals surface area contributed by atoms with Crippen molar-refractivity contribution in [3.63, 3.8) is 0 Å². The number of benzene rings is 1. The molecule has 1 saturated heterocycles. The van der Waals surface area contributed by atoms with Gasteiger partial charge in [0.2, 0.25) is 0 Å². The summed E-state index contributed by atoms with van der Waals surface area (Å²) in [4.78, 5) is 2.46. The molecular formula is C14H19Br2NO2. The van der Waals surface area contributed by atoms with E-state index in [1.807, 2.05) is 12.1 Å². The van der Waals surface area contributed by atoms with Crippen molar-refractivity contribution in [3.05, 3.63) is 26.6 Å². The second kappa shape index (κ2) is 7.07. The van der Waals surface area contributed by atoms with Crippen LogP contribution in [0, 0.1) is 5.92 Å². The molecule has 1 aromatic carbocycles. The summed E-state index contributed by atoms with van der Waals surface area (Å²) in [7, 11) is 1.78. The number of methoxy groups -OCH3 is 1. The molecular weight excluding hydrogens is 374 g/mol. The quantitative estimate of drug-likeness (QED) is 0.846. The lowest BCUT2D eigenvalue weighted by Gasteiger charge is -2.31. The monoisotopic (exact) mass is 391 g/mol. The lowest BCUT2D eigenvalue weighted by Crippen LogP contribution is -2.34. The molecule has 0 amide bonds. The lowest BCUT2D eigenvalue weighted by molar-refractivity contribution is 0.0968. The molecule has 1 aliphatic rings. The minimum atomic E-state index is 0.266. The summed E-state index contributed by atoms with van der Waals surface area (Å²) in [5, 5.41) is 9.71. The molecule has 1 N–H and O–H groups in total. The van der Waals surface area contributed by atoms with Crippen molar-refractivity contribution in [2.45, 2.75) is 19.4 Å². The summed E-state index contributed by atoms with van der Waals surface area (Å²) in [6.07, 6.45) is 2.41. The predicted molar refractivity (Wildman–Crippen MR) is 83.4 cm³/mol. The first-order valence-corrected chi connectivity index (χ1v) is 8.07. The molecule has 1 aromatic rings. The van der Waals surface area contributed by atoms with Crippen LogP contribution in [0.5, 0.6) is 5.75 Å². The van der Waals surface area contributed by atoms with E-state index in [9.17, 15) is 5.11 Å². The maximum Gasteiger partial charge on any atom is 0.143 e. The number of nitrogens with zero attached hydrogens (tertiary/aromatic N) is 1. The van der Waals surface area contributed by atoms with Gasteiger partial charge in [-0.2, -0.15) is 0 Å². The van der Waals surface area contributed by atoms with Crippen LogP contribution in [-0.2, 0) is 11.3 Å². The number of piperidine rings is 1. The highest BCUT2D eigenvalue weighted by molar-refractivity contribution is 9.11. The first-order chi connectivity index (χ1) is 9.10. The number of halogens is 2. The van der Waals surface area contributed by atoms with Crippen molar-refractivity contribution < 1.29 is 9.84 Å². The number of rotatable bonds is 4. The van der Waals surface area contributed by atoms with Crippen molar-refractivity contribution in [1.82, 2.24) is 4.90 Å². The third-order valence-electron chi connectivity index (χ3n) is 3.59. The molecule has 0 radical (unpaired) electrons. The Labute approximate surface area is 131 Å². The zero-order chi connectivity index (χ0) is 13.8. The molecule has 0 bridgehead atoms. The van der Waals surface area contributed by atoms with Crippen molar-refractivity contribution in [2.75, 3.05) is 26.8 Å². The topological polar surface area (TPSA) is 32.7 Å². The molecule has 0 aromatic heterocycles. The predicted octanol–water partition coefficient (Wildman–Crippen LogP) is 3.78. The zero-order valence-electron chi connectivity index (χ0n) is 11.0. The lowest BCUT2D eigenvalue weighted by atomic mass is 9.97. The van der Waals surface area contributed by atoms with Crippen molar-refractivity contribution in [2.24, 2.45) is 5.92 Å². The van der Waals surface area contributed by atoms with E-state index < -0.39 is 0 Å². The van der Waals surface area contributed by atoms with Gasteiger partial charge in [-0.25, -0.2) is 0 Å². The molecule has 0 spiro atoms. The van der Waals surface area contributed by atoms with Crippen LogP contribution in [0.4, 0.5) is 0 Å². The molecule has 1 heterocycles. The molecule has 0 aliphatic carbocycles. The number of phenols is 1. The highest BCUT2D eigenvalue weighted by atomic mass is 79.9. The maximum atomic E-state index is 9.71. The Bertz CT molecular complexity index is 408. The number of likely N-dealkylation sites (tertiary alicyclic amines) is 1. The van der Waals surface area contributed by atoms with E-state index in [0.29, 0.717) is 5.92 Å². The number of ether oxygens (including phenoxy) is 1. The van der Waals surface area contributed by atoms with Gasteiger partial charge in [0.1, 0.15) is 5.75 Å². The summed E-state index contributed by atoms with van der Waals surface area (Å²) < 4.78 is 6.70. The van der Waals surface area contributed by atoms with Crippen LogP contribution in [0.3, 0.4) is 0 Å². The molecule has 0 unspecified atom stereocenters. The van der Waals surface area contributed by atoms with Gasteiger partial charge in [0.25, 0.3) is 0 Å². The Hall–Kier alpha value is -0.100. The van der Waals surface area contributed by atoms with E-state index in [2.05, 4.69) is 36.8 Å². The average Bonchev–Trinajstić information content (AvgIpc) is 2.38. The van der Waals surface area contributed by atoms with E-state index >= 15 is 0 Å². The molecule has 19 heavy (non-hydrogen) atoms. The van der Waals surface area contributed by atoms with E-state index in [-0.39, 0.29) is 5.75 Å². The van der Waals surface area contributed by atoms with Crippen LogP contribution in [0.15, 0.2) is 21.1 Å². The van der Waals surface area contributed by atoms with Gasteiger partial charge in [0.05, 0.1) is 8.95 Å². The third kappa shape index (κ3) is 4.18. The fraction of sp³-hybridized carbons (Fsp3) is 0.571. The fourth-order valence-corrected chi connectivity index (χ4v) is 3.80. The van der Waals surface area contributed by atoms with E-state index in [4.69, 9.17) is 4.74 Å². The fourth-order valence-electron chi connectivity index (χ4n) is 2.51. The van der Waals surface area contributed by atoms with E-state index in [0.717, 1.165) is 35.2 Å². The summed E-state index contributed by atoms with van der Waals surface area (Å²) in [6.45, 7) is 4.04. The van der Waals surface area contributed by atoms with Gasteiger partial charge in [0, 0.05) is 20.3 Å². The first-order valence-electron chi connectivity index (χ1n) is 6.48. The van der Waals surface area contributed by atoms with E-state index in [1.54, 1.807) is 7.11 Å². The molecule has 3 nitrogen and oxygen atoms in total. The number of hydrogen-bond donors (Lipinski definition) is 1. The summed E-state index contributed by atoms with van der Waals surface area (Å²) >= 11 is 6.75. The van der Waals surface area contributed by atoms with Gasteiger partial charge in [-0.15, -0.1) is 0 Å². The summed E-state index contributed by atoms with van der Waals surface area (Å²) in [6, 6.07) is 3.97. The van der Waals surface area contributed by atoms with Crippen molar-refractivity contribution in [1.29, 1.82) is 0 Å². The van der Waals surface area contributed by atoms with Crippen molar-refractivity contribution >= 4 is 31.9 Å². The molecule has 0 saturated carbocycles. The molecule has 2 rings (SSSR count). The van der Waals surface area contributed by atoms with Crippen LogP contribution < -0.4 is 0 Å². The van der Waals surface area contributed by atoms with Crippen LogP contribution in [0.2, 0.25) is 0 Å². The second-order valence-electron chi connectivity index (χ2n) is 5.08. The normalized spacial score (nSPS) is 17.8.